The second kappa shape index (κ2) is 9.82. The maximum Gasteiger partial charge on any atom is 0.222 e. The third kappa shape index (κ3) is 5.51. The zero-order chi connectivity index (χ0) is 18.4. The third-order valence-electron chi connectivity index (χ3n) is 5.44. The van der Waals surface area contributed by atoms with E-state index in [9.17, 15) is 4.79 Å². The van der Waals surface area contributed by atoms with Crippen molar-refractivity contribution in [2.24, 2.45) is 0 Å². The number of piperazine rings is 1. The molecule has 2 aliphatic rings. The van der Waals surface area contributed by atoms with E-state index in [-0.39, 0.29) is 5.91 Å². The molecule has 0 N–H and O–H groups in total. The molecule has 144 valence electrons. The number of carbonyl (C=O) groups excluding carboxylic acids is 1. The van der Waals surface area contributed by atoms with E-state index >= 15 is 0 Å². The minimum absolute atomic E-state index is 0.235. The molecule has 1 saturated carbocycles. The van der Waals surface area contributed by atoms with E-state index < -0.39 is 0 Å². The number of halogens is 2. The molecular weight excluding hydrogens is 371 g/mol. The summed E-state index contributed by atoms with van der Waals surface area (Å²) in [6, 6.07) is 5.92. The summed E-state index contributed by atoms with van der Waals surface area (Å²) in [5.74, 6) is 0.851. The lowest BCUT2D eigenvalue weighted by molar-refractivity contribution is -0.133. The van der Waals surface area contributed by atoms with Crippen LogP contribution >= 0.6 is 23.2 Å². The van der Waals surface area contributed by atoms with Gasteiger partial charge in [0.05, 0.1) is 11.6 Å². The maximum absolute atomic E-state index is 12.4. The molecule has 0 aromatic heterocycles. The molecule has 1 aliphatic carbocycles. The van der Waals surface area contributed by atoms with Gasteiger partial charge in [-0.25, -0.2) is 0 Å². The van der Waals surface area contributed by atoms with E-state index in [1.54, 1.807) is 18.2 Å². The van der Waals surface area contributed by atoms with E-state index in [0.29, 0.717) is 35.2 Å². The van der Waals surface area contributed by atoms with Gasteiger partial charge in [0.15, 0.2) is 0 Å². The molecule has 0 bridgehead atoms. The number of benzene rings is 1. The van der Waals surface area contributed by atoms with Gasteiger partial charge in [0.1, 0.15) is 5.75 Å². The number of carbonyl (C=O) groups is 1. The molecule has 4 nitrogen and oxygen atoms in total. The molecule has 1 aromatic carbocycles. The Morgan fingerprint density at radius 2 is 1.81 bits per heavy atom. The first-order chi connectivity index (χ1) is 12.6. The monoisotopic (exact) mass is 398 g/mol. The van der Waals surface area contributed by atoms with Crippen LogP contribution in [0.25, 0.3) is 0 Å². The largest absolute Gasteiger partial charge is 0.492 e. The van der Waals surface area contributed by atoms with Gasteiger partial charge in [0.25, 0.3) is 0 Å². The zero-order valence-electron chi connectivity index (χ0n) is 15.3. The molecule has 1 aromatic rings. The second-order valence-corrected chi connectivity index (χ2v) is 8.08. The molecule has 6 heteroatoms. The van der Waals surface area contributed by atoms with Crippen molar-refractivity contribution in [2.45, 2.75) is 51.0 Å². The molecule has 0 atom stereocenters. The summed E-state index contributed by atoms with van der Waals surface area (Å²) in [4.78, 5) is 17.0. The average Bonchev–Trinajstić information content (AvgIpc) is 2.67. The Bertz CT molecular complexity index is 597. The minimum atomic E-state index is 0.235. The summed E-state index contributed by atoms with van der Waals surface area (Å²) in [5.41, 5.74) is 0. The van der Waals surface area contributed by atoms with Crippen LogP contribution in [0.15, 0.2) is 18.2 Å². The lowest BCUT2D eigenvalue weighted by Crippen LogP contribution is -2.52. The van der Waals surface area contributed by atoms with Gasteiger partial charge in [-0.3, -0.25) is 9.69 Å². The van der Waals surface area contributed by atoms with E-state index in [4.69, 9.17) is 27.9 Å². The van der Waals surface area contributed by atoms with Gasteiger partial charge >= 0.3 is 0 Å². The van der Waals surface area contributed by atoms with Crippen molar-refractivity contribution in [3.8, 4) is 5.75 Å². The Morgan fingerprint density at radius 3 is 2.50 bits per heavy atom. The summed E-state index contributed by atoms with van der Waals surface area (Å²) in [7, 11) is 0. The number of hydrogen-bond acceptors (Lipinski definition) is 3. The van der Waals surface area contributed by atoms with Crippen molar-refractivity contribution < 1.29 is 9.53 Å². The second-order valence-electron chi connectivity index (χ2n) is 7.24. The molecule has 0 spiro atoms. The number of hydrogen-bond donors (Lipinski definition) is 0. The lowest BCUT2D eigenvalue weighted by atomic mass is 9.94. The van der Waals surface area contributed by atoms with Gasteiger partial charge in [-0.05, 0) is 37.5 Å². The molecule has 2 fully saturated rings. The summed E-state index contributed by atoms with van der Waals surface area (Å²) in [6.45, 7) is 4.24. The van der Waals surface area contributed by atoms with Crippen molar-refractivity contribution in [1.82, 2.24) is 9.80 Å². The highest BCUT2D eigenvalue weighted by molar-refractivity contribution is 6.35. The van der Waals surface area contributed by atoms with Gasteiger partial charge in [0.2, 0.25) is 5.91 Å². The van der Waals surface area contributed by atoms with Gasteiger partial charge in [0, 0.05) is 43.7 Å². The van der Waals surface area contributed by atoms with Crippen molar-refractivity contribution in [3.05, 3.63) is 28.2 Å². The molecule has 1 heterocycles. The molecule has 1 saturated heterocycles. The van der Waals surface area contributed by atoms with Crippen LogP contribution in [-0.2, 0) is 4.79 Å². The first kappa shape index (κ1) is 19.8. The molecule has 3 rings (SSSR count). The predicted octanol–water partition coefficient (Wildman–Crippen LogP) is 4.63. The Labute approximate surface area is 166 Å². The fraction of sp³-hybridized carbons (Fsp3) is 0.650. The molecule has 0 radical (unpaired) electrons. The lowest BCUT2D eigenvalue weighted by Gasteiger charge is -2.40. The Hall–Kier alpha value is -0.970. The Kier molecular flexibility index (Phi) is 7.47. The van der Waals surface area contributed by atoms with Crippen LogP contribution < -0.4 is 4.74 Å². The fourth-order valence-electron chi connectivity index (χ4n) is 3.94. The first-order valence-electron chi connectivity index (χ1n) is 9.73. The number of rotatable bonds is 6. The summed E-state index contributed by atoms with van der Waals surface area (Å²) >= 11 is 12.0. The van der Waals surface area contributed by atoms with Crippen LogP contribution in [0.2, 0.25) is 10.0 Å². The van der Waals surface area contributed by atoms with Crippen molar-refractivity contribution >= 4 is 29.1 Å². The molecule has 1 aliphatic heterocycles. The minimum Gasteiger partial charge on any atom is -0.492 e. The maximum atomic E-state index is 12.4. The summed E-state index contributed by atoms with van der Waals surface area (Å²) in [5, 5.41) is 1.09. The number of amides is 1. The highest BCUT2D eigenvalue weighted by Crippen LogP contribution is 2.27. The van der Waals surface area contributed by atoms with E-state index in [2.05, 4.69) is 4.90 Å². The molecular formula is C20H28Cl2N2O2. The van der Waals surface area contributed by atoms with E-state index in [1.807, 2.05) is 4.90 Å². The van der Waals surface area contributed by atoms with Crippen molar-refractivity contribution in [2.75, 3.05) is 32.8 Å². The normalized spacial score (nSPS) is 19.5. The fourth-order valence-corrected chi connectivity index (χ4v) is 4.40. The summed E-state index contributed by atoms with van der Waals surface area (Å²) in [6.07, 6.45) is 7.99. The van der Waals surface area contributed by atoms with Crippen LogP contribution in [0, 0.1) is 0 Å². The Morgan fingerprint density at radius 1 is 1.08 bits per heavy atom. The standard InChI is InChI=1S/C20H28Cl2N2O2/c21-16-8-9-19(18(22)15-16)26-14-4-7-20(25)24-12-10-23(11-13-24)17-5-2-1-3-6-17/h8-9,15,17H,1-7,10-14H2. The van der Waals surface area contributed by atoms with Gasteiger partial charge < -0.3 is 9.64 Å². The van der Waals surface area contributed by atoms with E-state index in [1.165, 1.54) is 32.1 Å². The van der Waals surface area contributed by atoms with Crippen LogP contribution in [0.3, 0.4) is 0 Å². The highest BCUT2D eigenvalue weighted by Gasteiger charge is 2.26. The van der Waals surface area contributed by atoms with Crippen molar-refractivity contribution in [1.29, 1.82) is 0 Å². The first-order valence-corrected chi connectivity index (χ1v) is 10.5. The smallest absolute Gasteiger partial charge is 0.222 e. The topological polar surface area (TPSA) is 32.8 Å². The predicted molar refractivity (Wildman–Crippen MR) is 106 cm³/mol. The number of ether oxygens (including phenoxy) is 1. The molecule has 0 unspecified atom stereocenters. The summed E-state index contributed by atoms with van der Waals surface area (Å²) < 4.78 is 5.66. The van der Waals surface area contributed by atoms with Crippen LogP contribution in [0.5, 0.6) is 5.75 Å². The third-order valence-corrected chi connectivity index (χ3v) is 5.97. The zero-order valence-corrected chi connectivity index (χ0v) is 16.8. The molecule has 26 heavy (non-hydrogen) atoms. The van der Waals surface area contributed by atoms with Crippen molar-refractivity contribution in [3.63, 3.8) is 0 Å². The average molecular weight is 399 g/mol. The van der Waals surface area contributed by atoms with Crippen LogP contribution in [0.4, 0.5) is 0 Å². The van der Waals surface area contributed by atoms with Gasteiger partial charge in [-0.15, -0.1) is 0 Å². The van der Waals surface area contributed by atoms with Gasteiger partial charge in [-0.2, -0.15) is 0 Å². The van der Waals surface area contributed by atoms with E-state index in [0.717, 1.165) is 32.2 Å². The SMILES string of the molecule is O=C(CCCOc1ccc(Cl)cc1Cl)N1CCN(C2CCCCC2)CC1. The quantitative estimate of drug-likeness (QED) is 0.654. The van der Waals surface area contributed by atoms with Crippen LogP contribution in [0.1, 0.15) is 44.9 Å². The Balaban J connectivity index is 1.34. The highest BCUT2D eigenvalue weighted by atomic mass is 35.5. The number of nitrogens with zero attached hydrogens (tertiary/aromatic N) is 2. The van der Waals surface area contributed by atoms with Gasteiger partial charge in [-0.1, -0.05) is 42.5 Å². The van der Waals surface area contributed by atoms with Crippen LogP contribution in [-0.4, -0.2) is 54.5 Å². The molecule has 1 amide bonds.